The van der Waals surface area contributed by atoms with E-state index < -0.39 is 0 Å². The van der Waals surface area contributed by atoms with Gasteiger partial charge >= 0.3 is 0 Å². The highest BCUT2D eigenvalue weighted by molar-refractivity contribution is 7.80. The van der Waals surface area contributed by atoms with E-state index in [1.165, 1.54) is 0 Å². The van der Waals surface area contributed by atoms with E-state index in [-0.39, 0.29) is 0 Å². The van der Waals surface area contributed by atoms with E-state index in [2.05, 4.69) is 22.8 Å². The van der Waals surface area contributed by atoms with Crippen LogP contribution >= 0.6 is 12.2 Å². The van der Waals surface area contributed by atoms with Crippen molar-refractivity contribution in [3.8, 4) is 0 Å². The molecular formula is C15H19N3OS. The fourth-order valence-electron chi connectivity index (χ4n) is 1.77. The van der Waals surface area contributed by atoms with Crippen molar-refractivity contribution in [2.24, 2.45) is 5.10 Å². The van der Waals surface area contributed by atoms with Gasteiger partial charge in [0, 0.05) is 11.9 Å². The van der Waals surface area contributed by atoms with Crippen LogP contribution in [0.15, 0.2) is 39.9 Å². The van der Waals surface area contributed by atoms with Crippen LogP contribution in [0.3, 0.4) is 0 Å². The summed E-state index contributed by atoms with van der Waals surface area (Å²) in [5.41, 5.74) is 4.46. The highest BCUT2D eigenvalue weighted by Crippen LogP contribution is 2.19. The minimum absolute atomic E-state index is 0.536. The van der Waals surface area contributed by atoms with Gasteiger partial charge in [0.15, 0.2) is 10.9 Å². The second-order valence-corrected chi connectivity index (χ2v) is 4.98. The number of para-hydroxylation sites is 1. The zero-order chi connectivity index (χ0) is 14.4. The molecule has 0 amide bonds. The summed E-state index contributed by atoms with van der Waals surface area (Å²) in [5, 5.41) is 8.94. The third-order valence-corrected chi connectivity index (χ3v) is 3.16. The van der Waals surface area contributed by atoms with Gasteiger partial charge in [-0.2, -0.15) is 5.10 Å². The second-order valence-electron chi connectivity index (χ2n) is 4.57. The summed E-state index contributed by atoms with van der Waals surface area (Å²) in [4.78, 5) is 0. The van der Waals surface area contributed by atoms with Gasteiger partial charge in [-0.1, -0.05) is 31.5 Å². The molecule has 5 heteroatoms. The average molecular weight is 289 g/mol. The number of thiocarbonyl (C=S) groups is 1. The number of hydrazone groups is 1. The molecule has 2 N–H and O–H groups in total. The van der Waals surface area contributed by atoms with Gasteiger partial charge in [0.25, 0.3) is 0 Å². The lowest BCUT2D eigenvalue weighted by Gasteiger charge is -2.06. The molecule has 0 bridgehead atoms. The zero-order valence-corrected chi connectivity index (χ0v) is 12.6. The molecule has 0 radical (unpaired) electrons. The lowest BCUT2D eigenvalue weighted by atomic mass is 10.2. The summed E-state index contributed by atoms with van der Waals surface area (Å²) in [6.07, 6.45) is 2.23. The molecule has 0 fully saturated rings. The summed E-state index contributed by atoms with van der Waals surface area (Å²) in [6, 6.07) is 9.87. The number of nitrogens with one attached hydrogen (secondary N) is 2. The predicted molar refractivity (Wildman–Crippen MR) is 87.1 cm³/mol. The van der Waals surface area contributed by atoms with E-state index in [0.717, 1.165) is 41.8 Å². The van der Waals surface area contributed by atoms with E-state index >= 15 is 0 Å². The van der Waals surface area contributed by atoms with Gasteiger partial charge in [-0.15, -0.1) is 0 Å². The molecule has 0 saturated carbocycles. The van der Waals surface area contributed by atoms with Gasteiger partial charge in [0.2, 0.25) is 0 Å². The number of furan rings is 1. The Morgan fingerprint density at radius 2 is 2.15 bits per heavy atom. The van der Waals surface area contributed by atoms with Crippen molar-refractivity contribution in [1.82, 2.24) is 10.7 Å². The van der Waals surface area contributed by atoms with Gasteiger partial charge in [-0.3, -0.25) is 5.43 Å². The quantitative estimate of drug-likeness (QED) is 0.383. The maximum atomic E-state index is 5.73. The van der Waals surface area contributed by atoms with Crippen LogP contribution in [0, 0.1) is 0 Å². The Morgan fingerprint density at radius 1 is 1.35 bits per heavy atom. The van der Waals surface area contributed by atoms with Crippen molar-refractivity contribution >= 4 is 34.0 Å². The number of unbranched alkanes of at least 4 members (excludes halogenated alkanes) is 1. The van der Waals surface area contributed by atoms with Gasteiger partial charge < -0.3 is 9.73 Å². The van der Waals surface area contributed by atoms with Crippen LogP contribution in [-0.2, 0) is 0 Å². The van der Waals surface area contributed by atoms with Crippen LogP contribution < -0.4 is 10.7 Å². The molecule has 0 aliphatic rings. The maximum absolute atomic E-state index is 5.73. The van der Waals surface area contributed by atoms with Crippen molar-refractivity contribution in [3.05, 3.63) is 36.1 Å². The molecule has 0 unspecified atom stereocenters. The average Bonchev–Trinajstić information content (AvgIpc) is 2.89. The van der Waals surface area contributed by atoms with Gasteiger partial charge in [-0.25, -0.2) is 0 Å². The van der Waals surface area contributed by atoms with Crippen LogP contribution in [0.5, 0.6) is 0 Å². The molecular weight excluding hydrogens is 270 g/mol. The number of hydrogen-bond acceptors (Lipinski definition) is 3. The molecule has 20 heavy (non-hydrogen) atoms. The third kappa shape index (κ3) is 3.81. The number of fused-ring (bicyclic) bond motifs is 1. The first kappa shape index (κ1) is 14.5. The van der Waals surface area contributed by atoms with Gasteiger partial charge in [0.1, 0.15) is 11.3 Å². The maximum Gasteiger partial charge on any atom is 0.186 e. The minimum atomic E-state index is 0.536. The van der Waals surface area contributed by atoms with Gasteiger partial charge in [-0.05, 0) is 37.7 Å². The monoisotopic (exact) mass is 289 g/mol. The summed E-state index contributed by atoms with van der Waals surface area (Å²) in [7, 11) is 0. The minimum Gasteiger partial charge on any atom is -0.455 e. The Labute approximate surface area is 124 Å². The SMILES string of the molecule is CCCCNC(=S)N/N=C(\C)c1cc2ccccc2o1. The van der Waals surface area contributed by atoms with Crippen LogP contribution in [0.1, 0.15) is 32.4 Å². The van der Waals surface area contributed by atoms with Crippen molar-refractivity contribution in [2.45, 2.75) is 26.7 Å². The Kier molecular flexibility index (Phi) is 5.12. The van der Waals surface area contributed by atoms with E-state index in [4.69, 9.17) is 16.6 Å². The topological polar surface area (TPSA) is 49.6 Å². The lowest BCUT2D eigenvalue weighted by Crippen LogP contribution is -2.33. The Morgan fingerprint density at radius 3 is 2.90 bits per heavy atom. The molecule has 106 valence electrons. The van der Waals surface area contributed by atoms with Crippen molar-refractivity contribution in [3.63, 3.8) is 0 Å². The molecule has 2 aromatic rings. The number of nitrogens with zero attached hydrogens (tertiary/aromatic N) is 1. The summed E-state index contributed by atoms with van der Waals surface area (Å²) < 4.78 is 5.73. The Bertz CT molecular complexity index is 585. The highest BCUT2D eigenvalue weighted by Gasteiger charge is 2.06. The highest BCUT2D eigenvalue weighted by atomic mass is 32.1. The molecule has 2 rings (SSSR count). The largest absolute Gasteiger partial charge is 0.455 e. The Hall–Kier alpha value is -1.88. The van der Waals surface area contributed by atoms with Crippen LogP contribution in [0.25, 0.3) is 11.0 Å². The number of rotatable bonds is 5. The Balaban J connectivity index is 1.97. The number of benzene rings is 1. The molecule has 4 nitrogen and oxygen atoms in total. The standard InChI is InChI=1S/C15H19N3OS/c1-3-4-9-16-15(20)18-17-11(2)14-10-12-7-5-6-8-13(12)19-14/h5-8,10H,3-4,9H2,1-2H3,(H2,16,18,20)/b17-11+. The molecule has 0 aliphatic carbocycles. The predicted octanol–water partition coefficient (Wildman–Crippen LogP) is 3.42. The molecule has 1 aromatic carbocycles. The third-order valence-electron chi connectivity index (χ3n) is 2.92. The fraction of sp³-hybridized carbons (Fsp3) is 0.333. The first-order valence-electron chi connectivity index (χ1n) is 6.77. The normalized spacial score (nSPS) is 11.6. The summed E-state index contributed by atoms with van der Waals surface area (Å²) in [6.45, 7) is 4.89. The van der Waals surface area contributed by atoms with E-state index in [9.17, 15) is 0 Å². The van der Waals surface area contributed by atoms with Crippen molar-refractivity contribution in [1.29, 1.82) is 0 Å². The smallest absolute Gasteiger partial charge is 0.186 e. The lowest BCUT2D eigenvalue weighted by molar-refractivity contribution is 0.603. The second kappa shape index (κ2) is 7.05. The van der Waals surface area contributed by atoms with Gasteiger partial charge in [0.05, 0.1) is 0 Å². The van der Waals surface area contributed by atoms with E-state index in [1.807, 2.05) is 37.3 Å². The molecule has 0 saturated heterocycles. The summed E-state index contributed by atoms with van der Waals surface area (Å²) >= 11 is 5.14. The first-order valence-corrected chi connectivity index (χ1v) is 7.18. The molecule has 0 spiro atoms. The van der Waals surface area contributed by atoms with Crippen molar-refractivity contribution in [2.75, 3.05) is 6.54 Å². The van der Waals surface area contributed by atoms with Crippen LogP contribution in [0.4, 0.5) is 0 Å². The molecule has 0 atom stereocenters. The van der Waals surface area contributed by atoms with E-state index in [0.29, 0.717) is 5.11 Å². The summed E-state index contributed by atoms with van der Waals surface area (Å²) in [5.74, 6) is 0.745. The molecule has 1 heterocycles. The molecule has 0 aliphatic heterocycles. The first-order chi connectivity index (χ1) is 9.70. The van der Waals surface area contributed by atoms with Crippen molar-refractivity contribution < 1.29 is 4.42 Å². The number of hydrogen-bond donors (Lipinski definition) is 2. The van der Waals surface area contributed by atoms with Crippen LogP contribution in [0.2, 0.25) is 0 Å². The van der Waals surface area contributed by atoms with E-state index in [1.54, 1.807) is 0 Å². The fourth-order valence-corrected chi connectivity index (χ4v) is 1.92. The zero-order valence-electron chi connectivity index (χ0n) is 11.8. The van der Waals surface area contributed by atoms with Crippen LogP contribution in [-0.4, -0.2) is 17.4 Å². The molecule has 1 aromatic heterocycles.